The lowest BCUT2D eigenvalue weighted by molar-refractivity contribution is -0.137. The molecule has 0 bridgehead atoms. The van der Waals surface area contributed by atoms with E-state index in [1.807, 2.05) is 13.0 Å². The molecule has 0 aliphatic carbocycles. The molecule has 0 aliphatic heterocycles. The summed E-state index contributed by atoms with van der Waals surface area (Å²) in [6.07, 6.45) is -3.22. The van der Waals surface area contributed by atoms with E-state index in [1.54, 1.807) is 43.3 Å². The smallest absolute Gasteiger partial charge is 0.416 e. The van der Waals surface area contributed by atoms with Crippen LogP contribution in [0.1, 0.15) is 54.7 Å². The Balaban J connectivity index is 1.40. The summed E-state index contributed by atoms with van der Waals surface area (Å²) in [6, 6.07) is 21.6. The first-order valence-electron chi connectivity index (χ1n) is 13.0. The molecule has 4 rings (SSSR count). The second-order valence-electron chi connectivity index (χ2n) is 9.21. The van der Waals surface area contributed by atoms with Gasteiger partial charge in [-0.1, -0.05) is 29.8 Å². The highest BCUT2D eigenvalue weighted by atomic mass is 19.4. The van der Waals surface area contributed by atoms with Gasteiger partial charge < -0.3 is 14.8 Å². The molecule has 0 heterocycles. The highest BCUT2D eigenvalue weighted by Gasteiger charge is 2.31. The maximum Gasteiger partial charge on any atom is 0.416 e. The van der Waals surface area contributed by atoms with Crippen LogP contribution in [0.4, 0.5) is 18.9 Å². The van der Waals surface area contributed by atoms with Crippen molar-refractivity contribution in [2.45, 2.75) is 20.0 Å². The molecule has 0 atom stereocenters. The number of ether oxygens (including phenoxy) is 2. The summed E-state index contributed by atoms with van der Waals surface area (Å²) in [7, 11) is 0. The van der Waals surface area contributed by atoms with E-state index in [2.05, 4.69) is 15.8 Å². The largest absolute Gasteiger partial charge is 0.490 e. The van der Waals surface area contributed by atoms with Gasteiger partial charge in [-0.05, 0) is 86.1 Å². The molecule has 4 aromatic rings. The summed E-state index contributed by atoms with van der Waals surface area (Å²) in [5.41, 5.74) is 3.45. The van der Waals surface area contributed by atoms with Crippen molar-refractivity contribution in [3.63, 3.8) is 0 Å². The number of nitrogens with one attached hydrogen (secondary N) is 2. The highest BCUT2D eigenvalue weighted by molar-refractivity contribution is 6.05. The SMILES string of the molecule is CCOc1cc(C=NNC(=O)c2cccc(NC(=O)c3cccc(C(F)(F)F)c3)c2)ccc1OC(=O)c1cccc(C)c1. The third kappa shape index (κ3) is 8.29. The number of halogens is 3. The van der Waals surface area contributed by atoms with Gasteiger partial charge in [0.05, 0.1) is 23.9 Å². The molecule has 220 valence electrons. The zero-order valence-electron chi connectivity index (χ0n) is 23.1. The zero-order chi connectivity index (χ0) is 31.0. The Hall–Kier alpha value is -5.45. The topological polar surface area (TPSA) is 106 Å². The molecule has 4 aromatic carbocycles. The van der Waals surface area contributed by atoms with Crippen molar-refractivity contribution in [2.24, 2.45) is 5.10 Å². The van der Waals surface area contributed by atoms with E-state index in [0.717, 1.165) is 23.8 Å². The van der Waals surface area contributed by atoms with E-state index in [4.69, 9.17) is 9.47 Å². The van der Waals surface area contributed by atoms with Crippen LogP contribution in [-0.4, -0.2) is 30.6 Å². The van der Waals surface area contributed by atoms with Crippen LogP contribution in [0.25, 0.3) is 0 Å². The molecule has 8 nitrogen and oxygen atoms in total. The third-order valence-corrected chi connectivity index (χ3v) is 5.94. The number of hydrazone groups is 1. The molecule has 2 amide bonds. The van der Waals surface area contributed by atoms with Crippen LogP contribution in [0.15, 0.2) is 96.1 Å². The van der Waals surface area contributed by atoms with E-state index < -0.39 is 29.5 Å². The predicted octanol–water partition coefficient (Wildman–Crippen LogP) is 6.65. The number of nitrogens with zero attached hydrogens (tertiary/aromatic N) is 1. The van der Waals surface area contributed by atoms with E-state index in [0.29, 0.717) is 23.5 Å². The van der Waals surface area contributed by atoms with Crippen molar-refractivity contribution in [3.8, 4) is 11.5 Å². The van der Waals surface area contributed by atoms with Crippen molar-refractivity contribution < 1.29 is 37.0 Å². The van der Waals surface area contributed by atoms with Crippen LogP contribution < -0.4 is 20.2 Å². The van der Waals surface area contributed by atoms with Crippen molar-refractivity contribution in [3.05, 3.63) is 124 Å². The van der Waals surface area contributed by atoms with Crippen LogP contribution in [0.3, 0.4) is 0 Å². The molecule has 0 spiro atoms. The Morgan fingerprint density at radius 1 is 0.814 bits per heavy atom. The molecular formula is C32H26F3N3O5. The Morgan fingerprint density at radius 3 is 2.23 bits per heavy atom. The summed E-state index contributed by atoms with van der Waals surface area (Å²) >= 11 is 0. The first-order chi connectivity index (χ1) is 20.5. The number of aryl methyl sites for hydroxylation is 1. The maximum absolute atomic E-state index is 13.0. The van der Waals surface area contributed by atoms with E-state index in [1.165, 1.54) is 36.5 Å². The zero-order valence-corrected chi connectivity index (χ0v) is 23.1. The fourth-order valence-electron chi connectivity index (χ4n) is 3.90. The number of alkyl halides is 3. The van der Waals surface area contributed by atoms with Crippen molar-refractivity contribution in [1.29, 1.82) is 0 Å². The Labute approximate surface area is 245 Å². The maximum atomic E-state index is 13.0. The standard InChI is InChI=1S/C32H26F3N3O5/c1-3-42-28-16-21(13-14-27(28)43-31(41)24-10-4-7-20(2)15-24)19-36-38-30(40)23-9-6-12-26(18-23)37-29(39)22-8-5-11-25(17-22)32(33,34)35/h4-19H,3H2,1-2H3,(H,37,39)(H,38,40). The quantitative estimate of drug-likeness (QED) is 0.0985. The Bertz CT molecular complexity index is 1690. The van der Waals surface area contributed by atoms with Crippen molar-refractivity contribution >= 4 is 29.7 Å². The fourth-order valence-corrected chi connectivity index (χ4v) is 3.90. The minimum Gasteiger partial charge on any atom is -0.490 e. The molecule has 11 heteroatoms. The molecular weight excluding hydrogens is 563 g/mol. The summed E-state index contributed by atoms with van der Waals surface area (Å²) in [5.74, 6) is -1.37. The average molecular weight is 590 g/mol. The molecule has 0 saturated heterocycles. The molecule has 0 unspecified atom stereocenters. The number of benzene rings is 4. The number of anilines is 1. The van der Waals surface area contributed by atoms with Crippen molar-refractivity contribution in [2.75, 3.05) is 11.9 Å². The number of rotatable bonds is 9. The van der Waals surface area contributed by atoms with Gasteiger partial charge in [0, 0.05) is 16.8 Å². The molecule has 0 radical (unpaired) electrons. The van der Waals surface area contributed by atoms with E-state index >= 15 is 0 Å². The summed E-state index contributed by atoms with van der Waals surface area (Å²) in [4.78, 5) is 37.7. The number of amides is 2. The van der Waals surface area contributed by atoms with Crippen LogP contribution in [0, 0.1) is 6.92 Å². The minimum atomic E-state index is -4.59. The summed E-state index contributed by atoms with van der Waals surface area (Å²) in [6.45, 7) is 3.96. The van der Waals surface area contributed by atoms with Gasteiger partial charge in [-0.25, -0.2) is 10.2 Å². The summed E-state index contributed by atoms with van der Waals surface area (Å²) < 4.78 is 50.1. The Morgan fingerprint density at radius 2 is 1.51 bits per heavy atom. The molecule has 2 N–H and O–H groups in total. The molecule has 0 aromatic heterocycles. The van der Waals surface area contributed by atoms with Gasteiger partial charge in [0.2, 0.25) is 0 Å². The van der Waals surface area contributed by atoms with Crippen LogP contribution in [-0.2, 0) is 6.18 Å². The van der Waals surface area contributed by atoms with Gasteiger partial charge in [-0.3, -0.25) is 9.59 Å². The minimum absolute atomic E-state index is 0.146. The van der Waals surface area contributed by atoms with Gasteiger partial charge in [0.1, 0.15) is 0 Å². The molecule has 0 saturated carbocycles. The number of carbonyl (C=O) groups is 3. The third-order valence-electron chi connectivity index (χ3n) is 5.94. The predicted molar refractivity (Wildman–Crippen MR) is 155 cm³/mol. The molecule has 0 aliphatic rings. The summed E-state index contributed by atoms with van der Waals surface area (Å²) in [5, 5.41) is 6.45. The lowest BCUT2D eigenvalue weighted by Gasteiger charge is -2.11. The van der Waals surface area contributed by atoms with E-state index in [9.17, 15) is 27.6 Å². The first-order valence-corrected chi connectivity index (χ1v) is 13.0. The van der Waals surface area contributed by atoms with Gasteiger partial charge in [0.15, 0.2) is 11.5 Å². The lowest BCUT2D eigenvalue weighted by Crippen LogP contribution is -2.18. The highest BCUT2D eigenvalue weighted by Crippen LogP contribution is 2.30. The van der Waals surface area contributed by atoms with Gasteiger partial charge in [0.25, 0.3) is 11.8 Å². The second kappa shape index (κ2) is 13.5. The van der Waals surface area contributed by atoms with Crippen LogP contribution >= 0.6 is 0 Å². The number of hydrogen-bond acceptors (Lipinski definition) is 6. The van der Waals surface area contributed by atoms with Gasteiger partial charge >= 0.3 is 12.1 Å². The Kier molecular flexibility index (Phi) is 9.56. The number of esters is 1. The van der Waals surface area contributed by atoms with Crippen LogP contribution in [0.2, 0.25) is 0 Å². The number of carbonyl (C=O) groups excluding carboxylic acids is 3. The molecule has 43 heavy (non-hydrogen) atoms. The van der Waals surface area contributed by atoms with Gasteiger partial charge in [-0.15, -0.1) is 0 Å². The van der Waals surface area contributed by atoms with Crippen molar-refractivity contribution in [1.82, 2.24) is 5.43 Å². The molecule has 0 fully saturated rings. The normalized spacial score (nSPS) is 11.2. The van der Waals surface area contributed by atoms with Crippen LogP contribution in [0.5, 0.6) is 11.5 Å². The first kappa shape index (κ1) is 30.5. The van der Waals surface area contributed by atoms with E-state index in [-0.39, 0.29) is 22.6 Å². The lowest BCUT2D eigenvalue weighted by atomic mass is 10.1. The van der Waals surface area contributed by atoms with Gasteiger partial charge in [-0.2, -0.15) is 18.3 Å². The number of hydrogen-bond donors (Lipinski definition) is 2. The second-order valence-corrected chi connectivity index (χ2v) is 9.21. The average Bonchev–Trinajstić information content (AvgIpc) is 2.98. The fraction of sp³-hybridized carbons (Fsp3) is 0.125. The monoisotopic (exact) mass is 589 g/mol.